The Labute approximate surface area is 193 Å². The van der Waals surface area contributed by atoms with Crippen molar-refractivity contribution in [2.24, 2.45) is 13.0 Å². The van der Waals surface area contributed by atoms with Gasteiger partial charge >= 0.3 is 0 Å². The lowest BCUT2D eigenvalue weighted by Gasteiger charge is -2.35. The third-order valence-electron chi connectivity index (χ3n) is 6.67. The zero-order valence-corrected chi connectivity index (χ0v) is 21.3. The first-order valence-electron chi connectivity index (χ1n) is 11.4. The van der Waals surface area contributed by atoms with Crippen LogP contribution in [0.5, 0.6) is 0 Å². The number of hydrogen-bond acceptors (Lipinski definition) is 3. The zero-order chi connectivity index (χ0) is 23.8. The molecule has 0 N–H and O–H groups in total. The summed E-state index contributed by atoms with van der Waals surface area (Å²) in [6, 6.07) is 9.59. The molecule has 0 spiro atoms. The quantitative estimate of drug-likeness (QED) is 0.661. The van der Waals surface area contributed by atoms with Crippen LogP contribution in [0.15, 0.2) is 35.2 Å². The molecule has 2 heterocycles. The fraction of sp³-hybridized carbons (Fsp3) is 0.560. The molecule has 0 saturated carbocycles. The first-order valence-corrected chi connectivity index (χ1v) is 12.8. The summed E-state index contributed by atoms with van der Waals surface area (Å²) in [6.07, 6.45) is 1.89. The van der Waals surface area contributed by atoms with Crippen LogP contribution in [0.4, 0.5) is 0 Å². The molecule has 176 valence electrons. The van der Waals surface area contributed by atoms with Crippen LogP contribution in [0.2, 0.25) is 0 Å². The lowest BCUT2D eigenvalue weighted by molar-refractivity contribution is 0.0692. The van der Waals surface area contributed by atoms with Crippen molar-refractivity contribution < 1.29 is 13.2 Å². The molecule has 1 aliphatic heterocycles. The molecule has 2 aromatic rings. The van der Waals surface area contributed by atoms with Crippen molar-refractivity contribution in [1.82, 2.24) is 13.8 Å². The maximum absolute atomic E-state index is 14.2. The molecule has 7 heteroatoms. The lowest BCUT2D eigenvalue weighted by Crippen LogP contribution is -2.46. The predicted octanol–water partition coefficient (Wildman–Crippen LogP) is 4.50. The van der Waals surface area contributed by atoms with Gasteiger partial charge in [0.05, 0.1) is 5.56 Å². The van der Waals surface area contributed by atoms with E-state index in [4.69, 9.17) is 0 Å². The molecular weight excluding hydrogens is 422 g/mol. The Bertz CT molecular complexity index is 1070. The molecule has 0 unspecified atom stereocenters. The van der Waals surface area contributed by atoms with Crippen LogP contribution in [-0.4, -0.2) is 46.7 Å². The molecular formula is C25H37N3O3S. The van der Waals surface area contributed by atoms with Crippen LogP contribution < -0.4 is 0 Å². The summed E-state index contributed by atoms with van der Waals surface area (Å²) in [7, 11) is -2.12. The SMILES string of the molecule is Cc1c(C(=O)N2CCC(C)CC2)c(S(=O)(=O)N(Cc2ccccc2)C(C)(C)C)c(C)n1C. The number of aromatic nitrogens is 1. The fourth-order valence-corrected chi connectivity index (χ4v) is 6.66. The van der Waals surface area contributed by atoms with Crippen molar-refractivity contribution in [2.75, 3.05) is 13.1 Å². The van der Waals surface area contributed by atoms with Gasteiger partial charge in [-0.15, -0.1) is 0 Å². The zero-order valence-electron chi connectivity index (χ0n) is 20.5. The number of likely N-dealkylation sites (tertiary alicyclic amines) is 1. The van der Waals surface area contributed by atoms with Gasteiger partial charge in [-0.05, 0) is 58.9 Å². The van der Waals surface area contributed by atoms with Gasteiger partial charge in [-0.1, -0.05) is 37.3 Å². The van der Waals surface area contributed by atoms with Crippen LogP contribution >= 0.6 is 0 Å². The van der Waals surface area contributed by atoms with E-state index in [1.165, 1.54) is 4.31 Å². The van der Waals surface area contributed by atoms with E-state index in [2.05, 4.69) is 6.92 Å². The molecule has 3 rings (SSSR count). The molecule has 1 aromatic heterocycles. The number of rotatable bonds is 5. The minimum atomic E-state index is -3.95. The van der Waals surface area contributed by atoms with E-state index in [1.807, 2.05) is 74.5 Å². The normalized spacial score (nSPS) is 16.1. The molecule has 1 fully saturated rings. The summed E-state index contributed by atoms with van der Waals surface area (Å²) in [5.74, 6) is 0.411. The first-order chi connectivity index (χ1) is 14.9. The van der Waals surface area contributed by atoms with Gasteiger partial charge in [0.1, 0.15) is 4.90 Å². The molecule has 1 aromatic carbocycles. The maximum Gasteiger partial charge on any atom is 0.257 e. The molecule has 32 heavy (non-hydrogen) atoms. The molecule has 0 aliphatic carbocycles. The molecule has 0 atom stereocenters. The van der Waals surface area contributed by atoms with Gasteiger partial charge in [0, 0.05) is 43.6 Å². The summed E-state index contributed by atoms with van der Waals surface area (Å²) in [6.45, 7) is 13.1. The van der Waals surface area contributed by atoms with Crippen molar-refractivity contribution in [3.63, 3.8) is 0 Å². The Morgan fingerprint density at radius 1 is 1.06 bits per heavy atom. The van der Waals surface area contributed by atoms with Gasteiger partial charge in [0.2, 0.25) is 10.0 Å². The van der Waals surface area contributed by atoms with E-state index < -0.39 is 15.6 Å². The average Bonchev–Trinajstić information content (AvgIpc) is 2.96. The molecule has 1 saturated heterocycles. The minimum absolute atomic E-state index is 0.145. The number of hydrogen-bond donors (Lipinski definition) is 0. The van der Waals surface area contributed by atoms with Gasteiger partial charge in [-0.2, -0.15) is 4.31 Å². The average molecular weight is 460 g/mol. The van der Waals surface area contributed by atoms with Gasteiger partial charge < -0.3 is 9.47 Å². The van der Waals surface area contributed by atoms with Crippen molar-refractivity contribution in [1.29, 1.82) is 0 Å². The van der Waals surface area contributed by atoms with Crippen LogP contribution in [0.3, 0.4) is 0 Å². The molecule has 0 bridgehead atoms. The van der Waals surface area contributed by atoms with Gasteiger partial charge in [-0.3, -0.25) is 4.79 Å². The highest BCUT2D eigenvalue weighted by atomic mass is 32.2. The van der Waals surface area contributed by atoms with Gasteiger partial charge in [-0.25, -0.2) is 8.42 Å². The summed E-state index contributed by atoms with van der Waals surface area (Å²) in [5.41, 5.74) is 1.86. The van der Waals surface area contributed by atoms with E-state index in [0.29, 0.717) is 36.0 Å². The Hall–Kier alpha value is -2.12. The van der Waals surface area contributed by atoms with Gasteiger partial charge in [0.25, 0.3) is 5.91 Å². The molecule has 0 radical (unpaired) electrons. The maximum atomic E-state index is 14.2. The highest BCUT2D eigenvalue weighted by Gasteiger charge is 2.40. The third-order valence-corrected chi connectivity index (χ3v) is 8.95. The van der Waals surface area contributed by atoms with E-state index in [9.17, 15) is 13.2 Å². The van der Waals surface area contributed by atoms with Crippen molar-refractivity contribution in [3.8, 4) is 0 Å². The second kappa shape index (κ2) is 9.02. The van der Waals surface area contributed by atoms with Gasteiger partial charge in [0.15, 0.2) is 0 Å². The largest absolute Gasteiger partial charge is 0.350 e. The van der Waals surface area contributed by atoms with Crippen LogP contribution in [0.25, 0.3) is 0 Å². The summed E-state index contributed by atoms with van der Waals surface area (Å²) >= 11 is 0. The second-order valence-corrected chi connectivity index (χ2v) is 11.9. The third kappa shape index (κ3) is 4.64. The molecule has 1 amide bonds. The van der Waals surface area contributed by atoms with Crippen LogP contribution in [0, 0.1) is 19.8 Å². The monoisotopic (exact) mass is 459 g/mol. The number of nitrogens with zero attached hydrogens (tertiary/aromatic N) is 3. The Kier molecular flexibility index (Phi) is 6.91. The standard InChI is InChI=1S/C25H37N3O3S/c1-18-13-15-27(16-14-18)24(29)22-19(2)26(7)20(3)23(22)32(30,31)28(25(4,5)6)17-21-11-9-8-10-12-21/h8-12,18H,13-17H2,1-7H3. The highest BCUT2D eigenvalue weighted by molar-refractivity contribution is 7.89. The summed E-state index contributed by atoms with van der Waals surface area (Å²) in [4.78, 5) is 15.6. The number of amides is 1. The van der Waals surface area contributed by atoms with E-state index >= 15 is 0 Å². The predicted molar refractivity (Wildman–Crippen MR) is 128 cm³/mol. The second-order valence-electron chi connectivity index (χ2n) is 10.1. The lowest BCUT2D eigenvalue weighted by atomic mass is 9.98. The van der Waals surface area contributed by atoms with E-state index in [-0.39, 0.29) is 17.3 Å². The van der Waals surface area contributed by atoms with Crippen LogP contribution in [-0.2, 0) is 23.6 Å². The number of sulfonamides is 1. The summed E-state index contributed by atoms with van der Waals surface area (Å²) in [5, 5.41) is 0. The number of benzene rings is 1. The number of piperidine rings is 1. The number of carbonyl (C=O) groups is 1. The first kappa shape index (κ1) is 24.5. The van der Waals surface area contributed by atoms with Crippen LogP contribution in [0.1, 0.15) is 67.8 Å². The number of carbonyl (C=O) groups excluding carboxylic acids is 1. The highest BCUT2D eigenvalue weighted by Crippen LogP contribution is 2.34. The van der Waals surface area contributed by atoms with E-state index in [1.54, 1.807) is 6.92 Å². The van der Waals surface area contributed by atoms with Crippen molar-refractivity contribution >= 4 is 15.9 Å². The molecule has 1 aliphatic rings. The smallest absolute Gasteiger partial charge is 0.257 e. The fourth-order valence-electron chi connectivity index (χ4n) is 4.40. The topological polar surface area (TPSA) is 62.6 Å². The van der Waals surface area contributed by atoms with E-state index in [0.717, 1.165) is 18.4 Å². The van der Waals surface area contributed by atoms with Crippen molar-refractivity contribution in [3.05, 3.63) is 52.8 Å². The minimum Gasteiger partial charge on any atom is -0.350 e. The molecule has 6 nitrogen and oxygen atoms in total. The van der Waals surface area contributed by atoms with Crippen molar-refractivity contribution in [2.45, 2.75) is 71.4 Å². The Morgan fingerprint density at radius 3 is 2.16 bits per heavy atom. The Morgan fingerprint density at radius 2 is 1.62 bits per heavy atom. The Balaban J connectivity index is 2.12. The summed E-state index contributed by atoms with van der Waals surface area (Å²) < 4.78 is 31.7.